The predicted molar refractivity (Wildman–Crippen MR) is 74.5 cm³/mol. The second-order valence-corrected chi connectivity index (χ2v) is 5.82. The Hall–Kier alpha value is -2.12. The van der Waals surface area contributed by atoms with E-state index in [9.17, 15) is 18.3 Å². The maximum atomic E-state index is 11.3. The van der Waals surface area contributed by atoms with Gasteiger partial charge in [-0.1, -0.05) is 0 Å². The Morgan fingerprint density at radius 3 is 2.40 bits per heavy atom. The van der Waals surface area contributed by atoms with Crippen LogP contribution in [0.2, 0.25) is 0 Å². The molecule has 20 heavy (non-hydrogen) atoms. The molecule has 0 spiro atoms. The van der Waals surface area contributed by atoms with Crippen LogP contribution in [0.4, 0.5) is 5.69 Å². The summed E-state index contributed by atoms with van der Waals surface area (Å²) in [4.78, 5) is 12.3. The van der Waals surface area contributed by atoms with E-state index < -0.39 is 15.0 Å². The van der Waals surface area contributed by atoms with Crippen molar-refractivity contribution in [2.45, 2.75) is 11.8 Å². The van der Waals surface area contributed by atoms with Gasteiger partial charge in [0.15, 0.2) is 0 Å². The van der Waals surface area contributed by atoms with Crippen molar-refractivity contribution in [3.05, 3.63) is 30.3 Å². The van der Waals surface area contributed by atoms with E-state index in [0.29, 0.717) is 16.5 Å². The molecule has 0 heterocycles. The van der Waals surface area contributed by atoms with Gasteiger partial charge in [-0.15, -0.1) is 0 Å². The zero-order valence-electron chi connectivity index (χ0n) is 10.9. The Bertz CT molecular complexity index is 798. The molecule has 7 heteroatoms. The van der Waals surface area contributed by atoms with Gasteiger partial charge in [0.05, 0.1) is 4.90 Å². The van der Waals surface area contributed by atoms with Crippen LogP contribution in [0.3, 0.4) is 0 Å². The standard InChI is InChI=1S/C13H13NO5S/c1-8(15)14(2)10-3-4-12-9(5-10)6-11(7-13(12)16)20(17,18)19/h3-7,16H,1-2H3,(H,17,18,19). The number of amides is 1. The third-order valence-corrected chi connectivity index (χ3v) is 3.88. The molecule has 0 radical (unpaired) electrons. The molecule has 0 aromatic heterocycles. The van der Waals surface area contributed by atoms with Gasteiger partial charge in [0, 0.05) is 31.1 Å². The van der Waals surface area contributed by atoms with E-state index in [0.717, 1.165) is 6.07 Å². The monoisotopic (exact) mass is 295 g/mol. The fraction of sp³-hybridized carbons (Fsp3) is 0.154. The highest BCUT2D eigenvalue weighted by Crippen LogP contribution is 2.31. The van der Waals surface area contributed by atoms with Crippen molar-refractivity contribution in [1.29, 1.82) is 0 Å². The molecule has 0 unspecified atom stereocenters. The fourth-order valence-electron chi connectivity index (χ4n) is 1.85. The lowest BCUT2D eigenvalue weighted by atomic mass is 10.1. The topological polar surface area (TPSA) is 94.9 Å². The van der Waals surface area contributed by atoms with Crippen molar-refractivity contribution < 1.29 is 22.9 Å². The SMILES string of the molecule is CC(=O)N(C)c1ccc2c(O)cc(S(=O)(=O)O)cc2c1. The lowest BCUT2D eigenvalue weighted by molar-refractivity contribution is -0.116. The summed E-state index contributed by atoms with van der Waals surface area (Å²) < 4.78 is 31.3. The van der Waals surface area contributed by atoms with Crippen LogP contribution in [-0.2, 0) is 14.9 Å². The van der Waals surface area contributed by atoms with E-state index in [1.807, 2.05) is 0 Å². The number of carbonyl (C=O) groups is 1. The summed E-state index contributed by atoms with van der Waals surface area (Å²) in [6.45, 7) is 1.40. The van der Waals surface area contributed by atoms with Crippen molar-refractivity contribution in [2.24, 2.45) is 0 Å². The van der Waals surface area contributed by atoms with E-state index in [1.165, 1.54) is 17.9 Å². The van der Waals surface area contributed by atoms with E-state index >= 15 is 0 Å². The Kier molecular flexibility index (Phi) is 3.41. The highest BCUT2D eigenvalue weighted by atomic mass is 32.2. The minimum absolute atomic E-state index is 0.181. The molecule has 2 N–H and O–H groups in total. The molecule has 0 aliphatic heterocycles. The van der Waals surface area contributed by atoms with E-state index in [2.05, 4.69) is 0 Å². The maximum Gasteiger partial charge on any atom is 0.294 e. The summed E-state index contributed by atoms with van der Waals surface area (Å²) >= 11 is 0. The molecule has 106 valence electrons. The molecule has 1 amide bonds. The van der Waals surface area contributed by atoms with Crippen LogP contribution in [0, 0.1) is 0 Å². The van der Waals surface area contributed by atoms with Crippen molar-refractivity contribution >= 4 is 32.5 Å². The zero-order chi connectivity index (χ0) is 15.1. The van der Waals surface area contributed by atoms with Gasteiger partial charge in [-0.05, 0) is 29.7 Å². The number of hydrogen-bond acceptors (Lipinski definition) is 4. The van der Waals surface area contributed by atoms with Gasteiger partial charge in [-0.2, -0.15) is 8.42 Å². The molecule has 0 fully saturated rings. The normalized spacial score (nSPS) is 11.6. The third kappa shape index (κ3) is 2.59. The van der Waals surface area contributed by atoms with Crippen molar-refractivity contribution in [2.75, 3.05) is 11.9 Å². The summed E-state index contributed by atoms with van der Waals surface area (Å²) in [7, 11) is -2.83. The van der Waals surface area contributed by atoms with Crippen LogP contribution in [0.5, 0.6) is 5.75 Å². The van der Waals surface area contributed by atoms with Gasteiger partial charge in [0.2, 0.25) is 5.91 Å². The van der Waals surface area contributed by atoms with Crippen molar-refractivity contribution in [1.82, 2.24) is 0 Å². The smallest absolute Gasteiger partial charge is 0.294 e. The molecule has 0 bridgehead atoms. The molecule has 2 rings (SSSR count). The Labute approximate surface area is 116 Å². The van der Waals surface area contributed by atoms with E-state index in [1.54, 1.807) is 25.2 Å². The maximum absolute atomic E-state index is 11.3. The second kappa shape index (κ2) is 4.77. The number of hydrogen-bond donors (Lipinski definition) is 2. The van der Waals surface area contributed by atoms with Gasteiger partial charge in [0.1, 0.15) is 5.75 Å². The summed E-state index contributed by atoms with van der Waals surface area (Å²) in [5, 5.41) is 10.6. The van der Waals surface area contributed by atoms with E-state index in [-0.39, 0.29) is 11.7 Å². The van der Waals surface area contributed by atoms with E-state index in [4.69, 9.17) is 4.55 Å². The van der Waals surface area contributed by atoms with Crippen LogP contribution >= 0.6 is 0 Å². The number of phenols is 1. The highest BCUT2D eigenvalue weighted by molar-refractivity contribution is 7.85. The van der Waals surface area contributed by atoms with Gasteiger partial charge < -0.3 is 10.0 Å². The summed E-state index contributed by atoms with van der Waals surface area (Å²) in [6, 6.07) is 6.99. The van der Waals surface area contributed by atoms with Crippen LogP contribution in [-0.4, -0.2) is 31.0 Å². The average molecular weight is 295 g/mol. The summed E-state index contributed by atoms with van der Waals surface area (Å²) in [5.41, 5.74) is 0.553. The predicted octanol–water partition coefficient (Wildman–Crippen LogP) is 1.77. The molecule has 0 atom stereocenters. The molecule has 0 aliphatic rings. The quantitative estimate of drug-likeness (QED) is 0.823. The molecule has 6 nitrogen and oxygen atoms in total. The van der Waals surface area contributed by atoms with Gasteiger partial charge in [-0.3, -0.25) is 9.35 Å². The summed E-state index contributed by atoms with van der Waals surface area (Å²) in [5.74, 6) is -0.438. The highest BCUT2D eigenvalue weighted by Gasteiger charge is 2.14. The van der Waals surface area contributed by atoms with Crippen LogP contribution in [0.15, 0.2) is 35.2 Å². The Morgan fingerprint density at radius 2 is 1.85 bits per heavy atom. The van der Waals surface area contributed by atoms with Crippen LogP contribution < -0.4 is 4.90 Å². The number of rotatable bonds is 2. The van der Waals surface area contributed by atoms with Gasteiger partial charge in [-0.25, -0.2) is 0 Å². The Morgan fingerprint density at radius 1 is 1.20 bits per heavy atom. The number of carbonyl (C=O) groups excluding carboxylic acids is 1. The number of nitrogens with zero attached hydrogens (tertiary/aromatic N) is 1. The lowest BCUT2D eigenvalue weighted by Gasteiger charge is -2.16. The third-order valence-electron chi connectivity index (χ3n) is 3.05. The first-order valence-corrected chi connectivity index (χ1v) is 7.12. The largest absolute Gasteiger partial charge is 0.507 e. The van der Waals surface area contributed by atoms with Crippen LogP contribution in [0.1, 0.15) is 6.92 Å². The minimum Gasteiger partial charge on any atom is -0.507 e. The molecule has 2 aromatic rings. The first kappa shape index (κ1) is 14.3. The molecular formula is C13H13NO5S. The number of benzene rings is 2. The first-order valence-electron chi connectivity index (χ1n) is 5.68. The second-order valence-electron chi connectivity index (χ2n) is 4.40. The van der Waals surface area contributed by atoms with Crippen LogP contribution in [0.25, 0.3) is 10.8 Å². The molecular weight excluding hydrogens is 282 g/mol. The average Bonchev–Trinajstić information content (AvgIpc) is 2.35. The van der Waals surface area contributed by atoms with Gasteiger partial charge >= 0.3 is 0 Å². The number of anilines is 1. The van der Waals surface area contributed by atoms with Crippen molar-refractivity contribution in [3.63, 3.8) is 0 Å². The number of aromatic hydroxyl groups is 1. The summed E-state index contributed by atoms with van der Waals surface area (Å²) in [6.07, 6.45) is 0. The zero-order valence-corrected chi connectivity index (χ0v) is 11.7. The minimum atomic E-state index is -4.41. The van der Waals surface area contributed by atoms with Gasteiger partial charge in [0.25, 0.3) is 10.1 Å². The lowest BCUT2D eigenvalue weighted by Crippen LogP contribution is -2.22. The number of phenolic OH excluding ortho intramolecular Hbond substituents is 1. The molecule has 0 saturated heterocycles. The molecule has 0 saturated carbocycles. The first-order chi connectivity index (χ1) is 9.20. The molecule has 2 aromatic carbocycles. The number of fused-ring (bicyclic) bond motifs is 1. The Balaban J connectivity index is 2.70. The van der Waals surface area contributed by atoms with Crippen molar-refractivity contribution in [3.8, 4) is 5.75 Å². The fourth-order valence-corrected chi connectivity index (χ4v) is 2.39. The molecule has 0 aliphatic carbocycles.